The Morgan fingerprint density at radius 1 is 1.33 bits per heavy atom. The first-order valence-corrected chi connectivity index (χ1v) is 6.87. The number of hydrogen-bond acceptors (Lipinski definition) is 5. The van der Waals surface area contributed by atoms with Crippen LogP contribution < -0.4 is 11.1 Å². The molecule has 1 aliphatic rings. The molecule has 2 heterocycles. The minimum atomic E-state index is -0.0933. The molecule has 94 valence electrons. The highest BCUT2D eigenvalue weighted by Gasteiger charge is 2.22. The summed E-state index contributed by atoms with van der Waals surface area (Å²) in [6, 6.07) is 0.294. The van der Waals surface area contributed by atoms with Gasteiger partial charge in [0.15, 0.2) is 0 Å². The highest BCUT2D eigenvalue weighted by atomic mass is 32.1. The van der Waals surface area contributed by atoms with Crippen LogP contribution in [-0.2, 0) is 0 Å². The van der Waals surface area contributed by atoms with Gasteiger partial charge >= 0.3 is 0 Å². The Kier molecular flexibility index (Phi) is 2.87. The Morgan fingerprint density at radius 3 is 2.78 bits per heavy atom. The van der Waals surface area contributed by atoms with Crippen LogP contribution in [0.15, 0.2) is 12.4 Å². The van der Waals surface area contributed by atoms with E-state index in [-0.39, 0.29) is 5.91 Å². The highest BCUT2D eigenvalue weighted by molar-refractivity contribution is 7.21. The molecule has 3 rings (SSSR count). The zero-order chi connectivity index (χ0) is 12.5. The van der Waals surface area contributed by atoms with Gasteiger partial charge in [-0.3, -0.25) is 4.79 Å². The maximum Gasteiger partial charge on any atom is 0.263 e. The first kappa shape index (κ1) is 11.4. The van der Waals surface area contributed by atoms with Crippen molar-refractivity contribution >= 4 is 33.3 Å². The standard InChI is InChI=1S/C12H14N4OS/c13-8-9-12(15-6-5-14-9)18-10(8)11(17)16-7-3-1-2-4-7/h5-7H,1-4,13H2,(H,16,17). The number of nitrogen functional groups attached to an aromatic ring is 1. The molecule has 0 spiro atoms. The molecule has 0 saturated heterocycles. The summed E-state index contributed by atoms with van der Waals surface area (Å²) in [6.07, 6.45) is 7.70. The molecular formula is C12H14N4OS. The van der Waals surface area contributed by atoms with E-state index in [1.54, 1.807) is 12.4 Å². The third-order valence-electron chi connectivity index (χ3n) is 3.26. The lowest BCUT2D eigenvalue weighted by Crippen LogP contribution is -2.32. The van der Waals surface area contributed by atoms with Gasteiger partial charge in [-0.1, -0.05) is 12.8 Å². The van der Waals surface area contributed by atoms with Gasteiger partial charge in [-0.2, -0.15) is 0 Å². The summed E-state index contributed by atoms with van der Waals surface area (Å²) < 4.78 is 0. The van der Waals surface area contributed by atoms with Crippen molar-refractivity contribution in [1.29, 1.82) is 0 Å². The second kappa shape index (κ2) is 4.53. The number of nitrogens with zero attached hydrogens (tertiary/aromatic N) is 2. The summed E-state index contributed by atoms with van der Waals surface area (Å²) in [5, 5.41) is 3.03. The minimum absolute atomic E-state index is 0.0933. The summed E-state index contributed by atoms with van der Waals surface area (Å²) in [5.74, 6) is -0.0933. The number of nitrogens with one attached hydrogen (secondary N) is 1. The molecule has 1 aliphatic carbocycles. The van der Waals surface area contributed by atoms with Crippen LogP contribution in [0.5, 0.6) is 0 Å². The molecule has 0 bridgehead atoms. The average Bonchev–Trinajstić information content (AvgIpc) is 2.98. The minimum Gasteiger partial charge on any atom is -0.396 e. The van der Waals surface area contributed by atoms with Gasteiger partial charge in [0, 0.05) is 18.4 Å². The van der Waals surface area contributed by atoms with E-state index >= 15 is 0 Å². The molecule has 1 fully saturated rings. The Morgan fingerprint density at radius 2 is 2.06 bits per heavy atom. The molecule has 0 unspecified atom stereocenters. The van der Waals surface area contributed by atoms with E-state index in [2.05, 4.69) is 15.3 Å². The lowest BCUT2D eigenvalue weighted by molar-refractivity contribution is 0.0943. The molecular weight excluding hydrogens is 248 g/mol. The molecule has 1 saturated carbocycles. The SMILES string of the molecule is Nc1c(C(=O)NC2CCCC2)sc2nccnc12. The zero-order valence-corrected chi connectivity index (χ0v) is 10.7. The Bertz CT molecular complexity index is 589. The fraction of sp³-hybridized carbons (Fsp3) is 0.417. The van der Waals surface area contributed by atoms with E-state index in [9.17, 15) is 4.79 Å². The average molecular weight is 262 g/mol. The van der Waals surface area contributed by atoms with E-state index < -0.39 is 0 Å². The first-order chi connectivity index (χ1) is 8.75. The summed E-state index contributed by atoms with van der Waals surface area (Å²) in [4.78, 5) is 21.7. The van der Waals surface area contributed by atoms with Crippen molar-refractivity contribution in [2.24, 2.45) is 0 Å². The number of carbonyl (C=O) groups excluding carboxylic acids is 1. The normalized spacial score (nSPS) is 16.2. The van der Waals surface area contributed by atoms with Gasteiger partial charge in [-0.25, -0.2) is 9.97 Å². The van der Waals surface area contributed by atoms with Crippen LogP contribution in [0.4, 0.5) is 5.69 Å². The number of aromatic nitrogens is 2. The maximum atomic E-state index is 12.2. The van der Waals surface area contributed by atoms with Crippen LogP contribution in [0, 0.1) is 0 Å². The van der Waals surface area contributed by atoms with E-state index in [0.29, 0.717) is 27.0 Å². The van der Waals surface area contributed by atoms with Crippen LogP contribution in [-0.4, -0.2) is 21.9 Å². The third-order valence-corrected chi connectivity index (χ3v) is 4.36. The second-order valence-electron chi connectivity index (χ2n) is 4.51. The van der Waals surface area contributed by atoms with Gasteiger partial charge < -0.3 is 11.1 Å². The summed E-state index contributed by atoms with van der Waals surface area (Å²) in [5.41, 5.74) is 7.03. The summed E-state index contributed by atoms with van der Waals surface area (Å²) in [6.45, 7) is 0. The van der Waals surface area contributed by atoms with Gasteiger partial charge in [0.25, 0.3) is 5.91 Å². The van der Waals surface area contributed by atoms with Gasteiger partial charge in [0.1, 0.15) is 15.2 Å². The monoisotopic (exact) mass is 262 g/mol. The highest BCUT2D eigenvalue weighted by Crippen LogP contribution is 2.30. The number of thiophene rings is 1. The molecule has 0 radical (unpaired) electrons. The molecule has 3 N–H and O–H groups in total. The topological polar surface area (TPSA) is 80.9 Å². The van der Waals surface area contributed by atoms with Crippen LogP contribution in [0.25, 0.3) is 10.3 Å². The zero-order valence-electron chi connectivity index (χ0n) is 9.85. The predicted molar refractivity (Wildman–Crippen MR) is 71.5 cm³/mol. The lowest BCUT2D eigenvalue weighted by Gasteiger charge is -2.10. The van der Waals surface area contributed by atoms with Crippen molar-refractivity contribution in [1.82, 2.24) is 15.3 Å². The van der Waals surface area contributed by atoms with Crippen LogP contribution in [0.3, 0.4) is 0 Å². The number of fused-ring (bicyclic) bond motifs is 1. The van der Waals surface area contributed by atoms with Gasteiger partial charge in [-0.15, -0.1) is 11.3 Å². The third kappa shape index (κ3) is 1.92. The van der Waals surface area contributed by atoms with Gasteiger partial charge in [-0.05, 0) is 12.8 Å². The van der Waals surface area contributed by atoms with Crippen molar-refractivity contribution in [3.63, 3.8) is 0 Å². The number of rotatable bonds is 2. The number of hydrogen-bond donors (Lipinski definition) is 2. The Labute approximate surface area is 108 Å². The fourth-order valence-electron chi connectivity index (χ4n) is 2.33. The number of nitrogens with two attached hydrogens (primary N) is 1. The van der Waals surface area contributed by atoms with E-state index in [4.69, 9.17) is 5.73 Å². The van der Waals surface area contributed by atoms with Crippen LogP contribution in [0.1, 0.15) is 35.4 Å². The van der Waals surface area contributed by atoms with Crippen molar-refractivity contribution < 1.29 is 4.79 Å². The molecule has 5 nitrogen and oxygen atoms in total. The van der Waals surface area contributed by atoms with Crippen molar-refractivity contribution in [3.05, 3.63) is 17.3 Å². The van der Waals surface area contributed by atoms with Crippen molar-refractivity contribution in [2.45, 2.75) is 31.7 Å². The molecule has 2 aromatic rings. The maximum absolute atomic E-state index is 12.2. The fourth-order valence-corrected chi connectivity index (χ4v) is 3.26. The molecule has 0 aromatic carbocycles. The summed E-state index contributed by atoms with van der Waals surface area (Å²) >= 11 is 1.30. The number of anilines is 1. The van der Waals surface area contributed by atoms with E-state index in [1.165, 1.54) is 24.2 Å². The van der Waals surface area contributed by atoms with Crippen molar-refractivity contribution in [3.8, 4) is 0 Å². The van der Waals surface area contributed by atoms with Crippen LogP contribution in [0.2, 0.25) is 0 Å². The predicted octanol–water partition coefficient (Wildman–Crippen LogP) is 1.95. The quantitative estimate of drug-likeness (QED) is 0.866. The Balaban J connectivity index is 1.88. The van der Waals surface area contributed by atoms with Gasteiger partial charge in [0.2, 0.25) is 0 Å². The smallest absolute Gasteiger partial charge is 0.263 e. The Hall–Kier alpha value is -1.69. The molecule has 6 heteroatoms. The van der Waals surface area contributed by atoms with Crippen molar-refractivity contribution in [2.75, 3.05) is 5.73 Å². The summed E-state index contributed by atoms with van der Waals surface area (Å²) in [7, 11) is 0. The van der Waals surface area contributed by atoms with Gasteiger partial charge in [0.05, 0.1) is 5.69 Å². The largest absolute Gasteiger partial charge is 0.396 e. The molecule has 2 aromatic heterocycles. The first-order valence-electron chi connectivity index (χ1n) is 6.05. The van der Waals surface area contributed by atoms with E-state index in [0.717, 1.165) is 12.8 Å². The molecule has 0 aliphatic heterocycles. The molecule has 1 amide bonds. The second-order valence-corrected chi connectivity index (χ2v) is 5.51. The van der Waals surface area contributed by atoms with E-state index in [1.807, 2.05) is 0 Å². The number of carbonyl (C=O) groups is 1. The number of amides is 1. The molecule has 0 atom stereocenters. The molecule has 18 heavy (non-hydrogen) atoms. The lowest BCUT2D eigenvalue weighted by atomic mass is 10.2. The van der Waals surface area contributed by atoms with Crippen LogP contribution >= 0.6 is 11.3 Å².